The molecule has 4 atom stereocenters. The topological polar surface area (TPSA) is 93.6 Å². The van der Waals surface area contributed by atoms with Crippen molar-refractivity contribution in [3.63, 3.8) is 0 Å². The molecule has 1 aromatic heterocycles. The average Bonchev–Trinajstić information content (AvgIpc) is 3.00. The van der Waals surface area contributed by atoms with Crippen LogP contribution < -0.4 is 5.32 Å². The van der Waals surface area contributed by atoms with Gasteiger partial charge in [0.25, 0.3) is 0 Å². The molecule has 0 saturated carbocycles. The zero-order valence-electron chi connectivity index (χ0n) is 22.6. The van der Waals surface area contributed by atoms with Crippen molar-refractivity contribution in [2.45, 2.75) is 50.7 Å². The van der Waals surface area contributed by atoms with Gasteiger partial charge in [-0.2, -0.15) is 0 Å². The second-order valence-electron chi connectivity index (χ2n) is 9.85. The van der Waals surface area contributed by atoms with Crippen LogP contribution in [0.4, 0.5) is 0 Å². The van der Waals surface area contributed by atoms with Gasteiger partial charge in [0.1, 0.15) is 0 Å². The maximum absolute atomic E-state index is 11.5. The maximum atomic E-state index is 11.5. The first-order chi connectivity index (χ1) is 19.5. The van der Waals surface area contributed by atoms with Crippen LogP contribution in [0.5, 0.6) is 0 Å². The molecule has 0 bridgehead atoms. The molecular weight excluding hydrogens is 522 g/mol. The quantitative estimate of drug-likeness (QED) is 0.197. The fraction of sp³-hybridized carbons (Fsp3) is 0.281. The molecule has 0 unspecified atom stereocenters. The standard InChI is InChI=1S/C32H33N3O4S/c1-21-29(20-40-32-33-16-5-17-34-32)38-31(39-30(21)25-10-8-23(19-36)9-11-25)26-14-12-24(13-15-26)28-7-4-3-6-27(28)18-35-22(2)37/h3-17,21,29-31,36H,18-20H2,1-2H3,(H,35,37)/t21-,29+,30+,31+/m1/s1. The lowest BCUT2D eigenvalue weighted by atomic mass is 9.91. The highest BCUT2D eigenvalue weighted by Crippen LogP contribution is 2.43. The summed E-state index contributed by atoms with van der Waals surface area (Å²) < 4.78 is 13.1. The SMILES string of the molecule is CC(=O)NCc1ccccc1-c1ccc([C@H]2O[C@@H](CSc3ncccn3)[C@@H](C)[C@@H](c3ccc(CO)cc3)O2)cc1. The molecule has 1 saturated heterocycles. The molecule has 1 aliphatic heterocycles. The number of carbonyl (C=O) groups is 1. The van der Waals surface area contributed by atoms with E-state index in [0.717, 1.165) is 33.4 Å². The maximum Gasteiger partial charge on any atom is 0.217 e. The number of nitrogens with zero attached hydrogens (tertiary/aromatic N) is 2. The number of hydrogen-bond acceptors (Lipinski definition) is 7. The van der Waals surface area contributed by atoms with Crippen LogP contribution in [-0.2, 0) is 27.4 Å². The highest BCUT2D eigenvalue weighted by molar-refractivity contribution is 7.99. The van der Waals surface area contributed by atoms with E-state index in [1.54, 1.807) is 24.2 Å². The smallest absolute Gasteiger partial charge is 0.217 e. The number of thioether (sulfide) groups is 1. The van der Waals surface area contributed by atoms with Crippen molar-refractivity contribution >= 4 is 17.7 Å². The van der Waals surface area contributed by atoms with Crippen LogP contribution in [0.2, 0.25) is 0 Å². The number of benzene rings is 3. The molecule has 1 amide bonds. The summed E-state index contributed by atoms with van der Waals surface area (Å²) in [6, 6.07) is 26.0. The normalized spacial score (nSPS) is 20.7. The van der Waals surface area contributed by atoms with E-state index in [1.807, 2.05) is 60.7 Å². The first-order valence-electron chi connectivity index (χ1n) is 13.3. The molecule has 0 aliphatic carbocycles. The number of amides is 1. The molecule has 4 aromatic rings. The minimum atomic E-state index is -0.551. The lowest BCUT2D eigenvalue weighted by Crippen LogP contribution is -2.38. The number of ether oxygens (including phenoxy) is 2. The summed E-state index contributed by atoms with van der Waals surface area (Å²) in [5.74, 6) is 0.704. The van der Waals surface area contributed by atoms with Crippen LogP contribution in [0.15, 0.2) is 96.4 Å². The Hall–Kier alpha value is -3.56. The molecule has 5 rings (SSSR count). The van der Waals surface area contributed by atoms with Gasteiger partial charge in [0.2, 0.25) is 5.91 Å². The molecule has 3 aromatic carbocycles. The third-order valence-electron chi connectivity index (χ3n) is 7.08. The second-order valence-corrected chi connectivity index (χ2v) is 10.8. The van der Waals surface area contributed by atoms with Crippen molar-refractivity contribution in [2.75, 3.05) is 5.75 Å². The van der Waals surface area contributed by atoms with Crippen LogP contribution >= 0.6 is 11.8 Å². The number of nitrogens with one attached hydrogen (secondary N) is 1. The van der Waals surface area contributed by atoms with E-state index in [0.29, 0.717) is 17.5 Å². The molecule has 1 fully saturated rings. The average molecular weight is 556 g/mol. The molecular formula is C32H33N3O4S. The molecule has 7 nitrogen and oxygen atoms in total. The largest absolute Gasteiger partial charge is 0.392 e. The van der Waals surface area contributed by atoms with Gasteiger partial charge in [-0.25, -0.2) is 9.97 Å². The molecule has 0 spiro atoms. The van der Waals surface area contributed by atoms with Gasteiger partial charge in [0, 0.05) is 43.1 Å². The van der Waals surface area contributed by atoms with E-state index >= 15 is 0 Å². The number of aliphatic hydroxyl groups is 1. The van der Waals surface area contributed by atoms with Crippen molar-refractivity contribution in [3.8, 4) is 11.1 Å². The Morgan fingerprint density at radius 1 is 0.925 bits per heavy atom. The first kappa shape index (κ1) is 28.0. The van der Waals surface area contributed by atoms with Crippen LogP contribution in [0.25, 0.3) is 11.1 Å². The van der Waals surface area contributed by atoms with Gasteiger partial charge >= 0.3 is 0 Å². The molecule has 0 radical (unpaired) electrons. The van der Waals surface area contributed by atoms with Gasteiger partial charge in [-0.3, -0.25) is 4.79 Å². The first-order valence-corrected chi connectivity index (χ1v) is 14.3. The Kier molecular flexibility index (Phi) is 9.23. The molecule has 2 N–H and O–H groups in total. The van der Waals surface area contributed by atoms with Crippen molar-refractivity contribution in [2.24, 2.45) is 5.92 Å². The van der Waals surface area contributed by atoms with Crippen LogP contribution in [-0.4, -0.2) is 32.8 Å². The molecule has 40 heavy (non-hydrogen) atoms. The number of aliphatic hydroxyl groups excluding tert-OH is 1. The highest BCUT2D eigenvalue weighted by Gasteiger charge is 2.38. The lowest BCUT2D eigenvalue weighted by Gasteiger charge is -2.41. The molecule has 8 heteroatoms. The number of rotatable bonds is 9. The van der Waals surface area contributed by atoms with Crippen molar-refractivity contribution in [1.82, 2.24) is 15.3 Å². The Morgan fingerprint density at radius 2 is 1.62 bits per heavy atom. The third kappa shape index (κ3) is 6.77. The minimum Gasteiger partial charge on any atom is -0.392 e. The molecule has 1 aliphatic rings. The van der Waals surface area contributed by atoms with Gasteiger partial charge in [0.15, 0.2) is 11.4 Å². The van der Waals surface area contributed by atoms with E-state index in [-0.39, 0.29) is 30.6 Å². The summed E-state index contributed by atoms with van der Waals surface area (Å²) in [5, 5.41) is 13.1. The van der Waals surface area contributed by atoms with E-state index in [1.165, 1.54) is 6.92 Å². The summed E-state index contributed by atoms with van der Waals surface area (Å²) >= 11 is 1.57. The summed E-state index contributed by atoms with van der Waals surface area (Å²) in [5.41, 5.74) is 6.02. The second kappa shape index (κ2) is 13.2. The van der Waals surface area contributed by atoms with Crippen molar-refractivity contribution < 1.29 is 19.4 Å². The van der Waals surface area contributed by atoms with Crippen molar-refractivity contribution in [3.05, 3.63) is 114 Å². The Labute approximate surface area is 239 Å². The number of hydrogen-bond donors (Lipinski definition) is 2. The van der Waals surface area contributed by atoms with Crippen LogP contribution in [0.1, 0.15) is 48.5 Å². The van der Waals surface area contributed by atoms with Crippen molar-refractivity contribution in [1.29, 1.82) is 0 Å². The fourth-order valence-corrected chi connectivity index (χ4v) is 5.79. The highest BCUT2D eigenvalue weighted by atomic mass is 32.2. The van der Waals surface area contributed by atoms with Gasteiger partial charge in [-0.05, 0) is 33.9 Å². The van der Waals surface area contributed by atoms with Crippen LogP contribution in [0, 0.1) is 5.92 Å². The van der Waals surface area contributed by atoms with Gasteiger partial charge in [0.05, 0.1) is 18.8 Å². The van der Waals surface area contributed by atoms with E-state index in [9.17, 15) is 9.90 Å². The van der Waals surface area contributed by atoms with E-state index < -0.39 is 6.29 Å². The Balaban J connectivity index is 1.39. The summed E-state index contributed by atoms with van der Waals surface area (Å²) in [4.78, 5) is 20.2. The van der Waals surface area contributed by atoms with Gasteiger partial charge < -0.3 is 19.9 Å². The fourth-order valence-electron chi connectivity index (χ4n) is 4.82. The molecule has 2 heterocycles. The zero-order valence-corrected chi connectivity index (χ0v) is 23.4. The number of carbonyl (C=O) groups excluding carboxylic acids is 1. The summed E-state index contributed by atoms with van der Waals surface area (Å²) in [7, 11) is 0. The van der Waals surface area contributed by atoms with Crippen LogP contribution in [0.3, 0.4) is 0 Å². The lowest BCUT2D eigenvalue weighted by molar-refractivity contribution is -0.268. The van der Waals surface area contributed by atoms with Gasteiger partial charge in [-0.15, -0.1) is 0 Å². The predicted molar refractivity (Wildman–Crippen MR) is 155 cm³/mol. The summed E-state index contributed by atoms with van der Waals surface area (Å²) in [6.07, 6.45) is 2.64. The minimum absolute atomic E-state index is 0.00370. The van der Waals surface area contributed by atoms with E-state index in [4.69, 9.17) is 9.47 Å². The Morgan fingerprint density at radius 3 is 2.33 bits per heavy atom. The van der Waals surface area contributed by atoms with E-state index in [2.05, 4.69) is 40.4 Å². The zero-order chi connectivity index (χ0) is 27.9. The third-order valence-corrected chi connectivity index (χ3v) is 8.05. The molecule has 206 valence electrons. The summed E-state index contributed by atoms with van der Waals surface area (Å²) in [6.45, 7) is 4.15. The predicted octanol–water partition coefficient (Wildman–Crippen LogP) is 5.86. The van der Waals surface area contributed by atoms with Gasteiger partial charge in [-0.1, -0.05) is 91.5 Å². The Bertz CT molecular complexity index is 1400. The number of aromatic nitrogens is 2. The monoisotopic (exact) mass is 555 g/mol.